The van der Waals surface area contributed by atoms with Crippen LogP contribution in [0.15, 0.2) is 96.2 Å². The Labute approximate surface area is 175 Å². The number of ether oxygens (including phenoxy) is 1. The molecule has 3 aromatic carbocycles. The molecule has 1 amide bonds. The Morgan fingerprint density at radius 1 is 0.933 bits per heavy atom. The van der Waals surface area contributed by atoms with Crippen LogP contribution in [0.2, 0.25) is 0 Å². The molecule has 0 unspecified atom stereocenters. The van der Waals surface area contributed by atoms with Crippen molar-refractivity contribution in [1.82, 2.24) is 10.4 Å². The Balaban J connectivity index is 1.30. The monoisotopic (exact) mass is 395 g/mol. The van der Waals surface area contributed by atoms with E-state index in [4.69, 9.17) is 4.74 Å². The Morgan fingerprint density at radius 2 is 1.73 bits per heavy atom. The fraction of sp³-hybridized carbons (Fsp3) is 0.0800. The van der Waals surface area contributed by atoms with E-state index in [0.717, 1.165) is 33.3 Å². The van der Waals surface area contributed by atoms with Crippen molar-refractivity contribution >= 4 is 22.9 Å². The van der Waals surface area contributed by atoms with Crippen LogP contribution in [0.3, 0.4) is 0 Å². The molecule has 30 heavy (non-hydrogen) atoms. The summed E-state index contributed by atoms with van der Waals surface area (Å²) in [4.78, 5) is 16.5. The summed E-state index contributed by atoms with van der Waals surface area (Å²) in [7, 11) is 0. The average Bonchev–Trinajstić information content (AvgIpc) is 2.79. The van der Waals surface area contributed by atoms with E-state index in [2.05, 4.69) is 15.5 Å². The lowest BCUT2D eigenvalue weighted by Crippen LogP contribution is -2.19. The van der Waals surface area contributed by atoms with Crippen molar-refractivity contribution in [2.75, 3.05) is 0 Å². The van der Waals surface area contributed by atoms with Gasteiger partial charge in [0.05, 0.1) is 18.3 Å². The Kier molecular flexibility index (Phi) is 6.11. The van der Waals surface area contributed by atoms with Crippen LogP contribution >= 0.6 is 0 Å². The van der Waals surface area contributed by atoms with Gasteiger partial charge >= 0.3 is 0 Å². The summed E-state index contributed by atoms with van der Waals surface area (Å²) in [6.07, 6.45) is 3.63. The second-order valence-corrected chi connectivity index (χ2v) is 6.79. The first kappa shape index (κ1) is 19.3. The number of nitrogens with zero attached hydrogens (tertiary/aromatic N) is 2. The zero-order valence-electron chi connectivity index (χ0n) is 16.4. The quantitative estimate of drug-likeness (QED) is 0.370. The first-order valence-corrected chi connectivity index (χ1v) is 9.69. The van der Waals surface area contributed by atoms with Gasteiger partial charge < -0.3 is 4.74 Å². The summed E-state index contributed by atoms with van der Waals surface area (Å²) in [5.41, 5.74) is 5.32. The van der Waals surface area contributed by atoms with E-state index in [1.165, 1.54) is 0 Å². The minimum Gasteiger partial charge on any atom is -0.487 e. The van der Waals surface area contributed by atoms with E-state index in [1.54, 1.807) is 12.4 Å². The summed E-state index contributed by atoms with van der Waals surface area (Å²) >= 11 is 0. The Morgan fingerprint density at radius 3 is 2.57 bits per heavy atom. The number of pyridine rings is 1. The molecule has 0 bridgehead atoms. The zero-order chi connectivity index (χ0) is 20.6. The van der Waals surface area contributed by atoms with Gasteiger partial charge in [-0.25, -0.2) is 5.43 Å². The first-order chi connectivity index (χ1) is 14.8. The molecule has 1 N–H and O–H groups in total. The van der Waals surface area contributed by atoms with Crippen molar-refractivity contribution in [2.24, 2.45) is 5.10 Å². The van der Waals surface area contributed by atoms with Gasteiger partial charge in [0.15, 0.2) is 0 Å². The molecule has 0 aliphatic heterocycles. The summed E-state index contributed by atoms with van der Waals surface area (Å²) in [6, 6.07) is 27.2. The minimum atomic E-state index is -0.155. The summed E-state index contributed by atoms with van der Waals surface area (Å²) in [6.45, 7) is 0.415. The number of rotatable bonds is 7. The number of nitrogens with one attached hydrogen (secondary N) is 1. The van der Waals surface area contributed by atoms with Crippen LogP contribution in [0.5, 0.6) is 5.75 Å². The molecule has 1 aromatic heterocycles. The van der Waals surface area contributed by atoms with Gasteiger partial charge in [-0.3, -0.25) is 9.78 Å². The predicted octanol–water partition coefficient (Wildman–Crippen LogP) is 4.51. The zero-order valence-corrected chi connectivity index (χ0v) is 16.4. The third-order valence-electron chi connectivity index (χ3n) is 4.63. The maximum Gasteiger partial charge on any atom is 0.244 e. The van der Waals surface area contributed by atoms with Crippen molar-refractivity contribution in [2.45, 2.75) is 13.0 Å². The lowest BCUT2D eigenvalue weighted by atomic mass is 10.0. The smallest absolute Gasteiger partial charge is 0.244 e. The molecular formula is C25H21N3O2. The number of carbonyl (C=O) groups excluding carboxylic acids is 1. The van der Waals surface area contributed by atoms with E-state index in [0.29, 0.717) is 6.61 Å². The molecule has 0 saturated carbocycles. The fourth-order valence-electron chi connectivity index (χ4n) is 3.13. The molecule has 0 aliphatic rings. The molecule has 0 radical (unpaired) electrons. The molecule has 1 heterocycles. The highest BCUT2D eigenvalue weighted by atomic mass is 16.5. The minimum absolute atomic E-state index is 0.155. The van der Waals surface area contributed by atoms with Crippen LogP contribution in [0.25, 0.3) is 10.8 Å². The standard InChI is InChI=1S/C25H21N3O2/c29-25(16-21-8-5-7-20-6-1-2-10-24(20)21)28-27-17-19-11-13-23(14-12-19)30-18-22-9-3-4-15-26-22/h1-15,17H,16,18H2,(H,28,29). The number of amides is 1. The lowest BCUT2D eigenvalue weighted by molar-refractivity contribution is -0.120. The molecule has 0 atom stereocenters. The molecule has 0 spiro atoms. The maximum atomic E-state index is 12.3. The van der Waals surface area contributed by atoms with E-state index in [-0.39, 0.29) is 12.3 Å². The number of benzene rings is 3. The van der Waals surface area contributed by atoms with E-state index in [1.807, 2.05) is 84.9 Å². The van der Waals surface area contributed by atoms with Crippen LogP contribution < -0.4 is 10.2 Å². The molecule has 4 aromatic rings. The van der Waals surface area contributed by atoms with Gasteiger partial charge in [-0.2, -0.15) is 5.10 Å². The van der Waals surface area contributed by atoms with Gasteiger partial charge in [0.25, 0.3) is 0 Å². The number of hydrazone groups is 1. The topological polar surface area (TPSA) is 63.6 Å². The van der Waals surface area contributed by atoms with Crippen LogP contribution in [0.4, 0.5) is 0 Å². The maximum absolute atomic E-state index is 12.3. The van der Waals surface area contributed by atoms with Crippen LogP contribution in [0.1, 0.15) is 16.8 Å². The van der Waals surface area contributed by atoms with Crippen LogP contribution in [-0.2, 0) is 17.8 Å². The number of aromatic nitrogens is 1. The Bertz CT molecular complexity index is 1150. The average molecular weight is 395 g/mol. The van der Waals surface area contributed by atoms with E-state index >= 15 is 0 Å². The largest absolute Gasteiger partial charge is 0.487 e. The van der Waals surface area contributed by atoms with Crippen molar-refractivity contribution in [3.63, 3.8) is 0 Å². The van der Waals surface area contributed by atoms with Gasteiger partial charge in [-0.1, -0.05) is 48.5 Å². The highest BCUT2D eigenvalue weighted by molar-refractivity contribution is 5.90. The van der Waals surface area contributed by atoms with Gasteiger partial charge in [0, 0.05) is 6.20 Å². The van der Waals surface area contributed by atoms with Gasteiger partial charge in [-0.05, 0) is 58.3 Å². The first-order valence-electron chi connectivity index (χ1n) is 9.69. The molecule has 0 fully saturated rings. The number of hydrogen-bond donors (Lipinski definition) is 1. The molecule has 5 nitrogen and oxygen atoms in total. The molecule has 0 saturated heterocycles. The third-order valence-corrected chi connectivity index (χ3v) is 4.63. The SMILES string of the molecule is O=C(Cc1cccc2ccccc12)NN=Cc1ccc(OCc2ccccn2)cc1. The van der Waals surface area contributed by atoms with Gasteiger partial charge in [0.1, 0.15) is 12.4 Å². The molecule has 4 rings (SSSR count). The second-order valence-electron chi connectivity index (χ2n) is 6.79. The molecule has 148 valence electrons. The van der Waals surface area contributed by atoms with Crippen LogP contribution in [0, 0.1) is 0 Å². The van der Waals surface area contributed by atoms with Crippen molar-refractivity contribution in [3.05, 3.63) is 108 Å². The molecule has 0 aliphatic carbocycles. The number of hydrogen-bond acceptors (Lipinski definition) is 4. The highest BCUT2D eigenvalue weighted by Crippen LogP contribution is 2.18. The second kappa shape index (κ2) is 9.47. The van der Waals surface area contributed by atoms with E-state index < -0.39 is 0 Å². The highest BCUT2D eigenvalue weighted by Gasteiger charge is 2.06. The van der Waals surface area contributed by atoms with Gasteiger partial charge in [0.2, 0.25) is 5.91 Å². The normalized spacial score (nSPS) is 10.9. The summed E-state index contributed by atoms with van der Waals surface area (Å²) < 4.78 is 5.71. The van der Waals surface area contributed by atoms with Crippen molar-refractivity contribution in [3.8, 4) is 5.75 Å². The van der Waals surface area contributed by atoms with Crippen molar-refractivity contribution in [1.29, 1.82) is 0 Å². The fourth-order valence-corrected chi connectivity index (χ4v) is 3.13. The lowest BCUT2D eigenvalue weighted by Gasteiger charge is -2.06. The number of carbonyl (C=O) groups is 1. The van der Waals surface area contributed by atoms with Gasteiger partial charge in [-0.15, -0.1) is 0 Å². The third kappa shape index (κ3) is 5.08. The molecular weight excluding hydrogens is 374 g/mol. The van der Waals surface area contributed by atoms with E-state index in [9.17, 15) is 4.79 Å². The summed E-state index contributed by atoms with van der Waals surface area (Å²) in [5.74, 6) is 0.593. The van der Waals surface area contributed by atoms with Crippen molar-refractivity contribution < 1.29 is 9.53 Å². The number of fused-ring (bicyclic) bond motifs is 1. The summed E-state index contributed by atoms with van der Waals surface area (Å²) in [5, 5.41) is 6.27. The molecule has 5 heteroatoms. The Hall–Kier alpha value is -3.99. The van der Waals surface area contributed by atoms with Crippen LogP contribution in [-0.4, -0.2) is 17.1 Å². The predicted molar refractivity (Wildman–Crippen MR) is 118 cm³/mol.